The Morgan fingerprint density at radius 1 is 1.41 bits per heavy atom. The third kappa shape index (κ3) is 3.03. The van der Waals surface area contributed by atoms with Gasteiger partial charge in [-0.1, -0.05) is 18.7 Å². The quantitative estimate of drug-likeness (QED) is 0.623. The number of hydrogen-bond acceptors (Lipinski definition) is 5. The summed E-state index contributed by atoms with van der Waals surface area (Å²) < 4.78 is 0. The van der Waals surface area contributed by atoms with Gasteiger partial charge in [-0.25, -0.2) is 9.97 Å². The highest BCUT2D eigenvalue weighted by atomic mass is 32.2. The van der Waals surface area contributed by atoms with Crippen molar-refractivity contribution in [3.8, 4) is 0 Å². The van der Waals surface area contributed by atoms with Gasteiger partial charge in [0.1, 0.15) is 0 Å². The van der Waals surface area contributed by atoms with E-state index in [1.807, 2.05) is 6.92 Å². The smallest absolute Gasteiger partial charge is 0.189 e. The monoisotopic (exact) mass is 252 g/mol. The molecule has 17 heavy (non-hydrogen) atoms. The molecule has 0 atom stereocenters. The minimum atomic E-state index is 0.552. The Balaban J connectivity index is 2.13. The van der Waals surface area contributed by atoms with E-state index in [1.54, 1.807) is 11.8 Å². The molecular formula is C12H20N4S. The second-order valence-corrected chi connectivity index (χ2v) is 5.54. The number of nitrogens with one attached hydrogen (secondary N) is 1. The van der Waals surface area contributed by atoms with Gasteiger partial charge < -0.3 is 11.1 Å². The van der Waals surface area contributed by atoms with Crippen LogP contribution in [0, 0.1) is 6.92 Å². The van der Waals surface area contributed by atoms with Crippen LogP contribution in [0.5, 0.6) is 0 Å². The first-order valence-corrected chi connectivity index (χ1v) is 7.22. The fourth-order valence-electron chi connectivity index (χ4n) is 1.67. The zero-order chi connectivity index (χ0) is 12.3. The number of aryl methyl sites for hydroxylation is 1. The molecule has 5 heteroatoms. The first kappa shape index (κ1) is 12.5. The Hall–Kier alpha value is -0.970. The third-order valence-electron chi connectivity index (χ3n) is 3.00. The van der Waals surface area contributed by atoms with Gasteiger partial charge in [0.05, 0.1) is 11.4 Å². The fourth-order valence-corrected chi connectivity index (χ4v) is 2.41. The second-order valence-electron chi connectivity index (χ2n) is 4.47. The zero-order valence-corrected chi connectivity index (χ0v) is 11.3. The average molecular weight is 252 g/mol. The largest absolute Gasteiger partial charge is 0.394 e. The summed E-state index contributed by atoms with van der Waals surface area (Å²) in [6.07, 6.45) is 4.88. The maximum atomic E-state index is 6.01. The van der Waals surface area contributed by atoms with E-state index in [9.17, 15) is 0 Å². The van der Waals surface area contributed by atoms with Crippen LogP contribution < -0.4 is 11.1 Å². The Kier molecular flexibility index (Phi) is 4.10. The molecule has 0 unspecified atom stereocenters. The first-order chi connectivity index (χ1) is 8.20. The van der Waals surface area contributed by atoms with Gasteiger partial charge in [0.15, 0.2) is 11.0 Å². The highest BCUT2D eigenvalue weighted by Crippen LogP contribution is 2.28. The van der Waals surface area contributed by atoms with Crippen LogP contribution in [-0.2, 0) is 0 Å². The molecule has 0 amide bonds. The van der Waals surface area contributed by atoms with Crippen molar-refractivity contribution in [1.82, 2.24) is 9.97 Å². The van der Waals surface area contributed by atoms with E-state index in [1.165, 1.54) is 19.3 Å². The Morgan fingerprint density at radius 3 is 2.76 bits per heavy atom. The Morgan fingerprint density at radius 2 is 2.18 bits per heavy atom. The maximum Gasteiger partial charge on any atom is 0.189 e. The van der Waals surface area contributed by atoms with E-state index >= 15 is 0 Å². The molecule has 94 valence electrons. The van der Waals surface area contributed by atoms with E-state index < -0.39 is 0 Å². The molecule has 1 heterocycles. The lowest BCUT2D eigenvalue weighted by Crippen LogP contribution is -2.28. The van der Waals surface area contributed by atoms with Gasteiger partial charge in [-0.05, 0) is 32.6 Å². The van der Waals surface area contributed by atoms with Crippen molar-refractivity contribution in [2.45, 2.75) is 50.7 Å². The molecule has 3 N–H and O–H groups in total. The molecule has 1 aromatic heterocycles. The van der Waals surface area contributed by atoms with Gasteiger partial charge in [-0.15, -0.1) is 0 Å². The van der Waals surface area contributed by atoms with Crippen molar-refractivity contribution in [3.05, 3.63) is 5.69 Å². The highest BCUT2D eigenvalue weighted by molar-refractivity contribution is 7.99. The molecule has 0 spiro atoms. The Labute approximate surface area is 107 Å². The standard InChI is InChI=1S/C12H20N4S/c1-3-7-17-12-14-8(2)10(13)11(16-12)15-9-5-4-6-9/h9H,3-7,13H2,1-2H3,(H,14,15,16). The summed E-state index contributed by atoms with van der Waals surface area (Å²) in [4.78, 5) is 8.92. The summed E-state index contributed by atoms with van der Waals surface area (Å²) in [5, 5.41) is 4.25. The molecule has 1 aliphatic carbocycles. The zero-order valence-electron chi connectivity index (χ0n) is 10.5. The summed E-state index contributed by atoms with van der Waals surface area (Å²) in [5.41, 5.74) is 7.58. The second kappa shape index (κ2) is 5.58. The molecule has 2 rings (SSSR count). The number of nitrogen functional groups attached to an aromatic ring is 1. The highest BCUT2D eigenvalue weighted by Gasteiger charge is 2.19. The van der Waals surface area contributed by atoms with Gasteiger partial charge in [-0.3, -0.25) is 0 Å². The lowest BCUT2D eigenvalue weighted by molar-refractivity contribution is 0.444. The number of nitrogens with two attached hydrogens (primary N) is 1. The third-order valence-corrected chi connectivity index (χ3v) is 4.05. The first-order valence-electron chi connectivity index (χ1n) is 6.24. The van der Waals surface area contributed by atoms with Gasteiger partial charge in [-0.2, -0.15) is 0 Å². The molecule has 0 saturated heterocycles. The normalized spacial score (nSPS) is 15.6. The Bertz CT molecular complexity index is 390. The van der Waals surface area contributed by atoms with Crippen LogP contribution in [0.3, 0.4) is 0 Å². The van der Waals surface area contributed by atoms with Crippen LogP contribution in [0.1, 0.15) is 38.3 Å². The molecule has 1 aromatic rings. The number of anilines is 2. The summed E-state index contributed by atoms with van der Waals surface area (Å²) in [6, 6.07) is 0.552. The van der Waals surface area contributed by atoms with Crippen molar-refractivity contribution in [3.63, 3.8) is 0 Å². The topological polar surface area (TPSA) is 63.8 Å². The lowest BCUT2D eigenvalue weighted by atomic mass is 9.93. The van der Waals surface area contributed by atoms with Crippen LogP contribution in [0.25, 0.3) is 0 Å². The number of nitrogens with zero attached hydrogens (tertiary/aromatic N) is 2. The predicted octanol–water partition coefficient (Wildman–Crippen LogP) is 2.83. The van der Waals surface area contributed by atoms with E-state index in [-0.39, 0.29) is 0 Å². The number of hydrogen-bond donors (Lipinski definition) is 2. The van der Waals surface area contributed by atoms with Gasteiger partial charge in [0.2, 0.25) is 0 Å². The molecule has 0 aliphatic heterocycles. The summed E-state index contributed by atoms with van der Waals surface area (Å²) in [6.45, 7) is 4.10. The van der Waals surface area contributed by atoms with Crippen molar-refractivity contribution in [2.75, 3.05) is 16.8 Å². The van der Waals surface area contributed by atoms with Crippen LogP contribution in [0.15, 0.2) is 5.16 Å². The number of thioether (sulfide) groups is 1. The predicted molar refractivity (Wildman–Crippen MR) is 73.5 cm³/mol. The van der Waals surface area contributed by atoms with Gasteiger partial charge in [0.25, 0.3) is 0 Å². The van der Waals surface area contributed by atoms with E-state index in [0.717, 1.165) is 28.8 Å². The number of rotatable bonds is 5. The molecule has 1 aliphatic rings. The molecule has 0 radical (unpaired) electrons. The van der Waals surface area contributed by atoms with Gasteiger partial charge >= 0.3 is 0 Å². The van der Waals surface area contributed by atoms with Crippen molar-refractivity contribution in [2.24, 2.45) is 0 Å². The van der Waals surface area contributed by atoms with Gasteiger partial charge in [0, 0.05) is 11.8 Å². The summed E-state index contributed by atoms with van der Waals surface area (Å²) in [7, 11) is 0. The molecule has 1 saturated carbocycles. The summed E-state index contributed by atoms with van der Waals surface area (Å²) >= 11 is 1.69. The molecular weight excluding hydrogens is 232 g/mol. The lowest BCUT2D eigenvalue weighted by Gasteiger charge is -2.27. The van der Waals surface area contributed by atoms with E-state index in [2.05, 4.69) is 22.2 Å². The average Bonchev–Trinajstić information content (AvgIpc) is 2.26. The van der Waals surface area contributed by atoms with E-state index in [0.29, 0.717) is 11.7 Å². The minimum absolute atomic E-state index is 0.552. The molecule has 0 aromatic carbocycles. The van der Waals surface area contributed by atoms with Crippen LogP contribution >= 0.6 is 11.8 Å². The molecule has 0 bridgehead atoms. The van der Waals surface area contributed by atoms with Crippen molar-refractivity contribution < 1.29 is 0 Å². The fraction of sp³-hybridized carbons (Fsp3) is 0.667. The van der Waals surface area contributed by atoms with Crippen molar-refractivity contribution >= 4 is 23.3 Å². The SMILES string of the molecule is CCCSc1nc(C)c(N)c(NC2CCC2)n1. The maximum absolute atomic E-state index is 6.01. The minimum Gasteiger partial charge on any atom is -0.394 e. The van der Waals surface area contributed by atoms with Crippen LogP contribution in [0.2, 0.25) is 0 Å². The van der Waals surface area contributed by atoms with Crippen molar-refractivity contribution in [1.29, 1.82) is 0 Å². The molecule has 4 nitrogen and oxygen atoms in total. The van der Waals surface area contributed by atoms with Crippen LogP contribution in [-0.4, -0.2) is 21.8 Å². The number of aromatic nitrogens is 2. The molecule has 1 fully saturated rings. The van der Waals surface area contributed by atoms with Crippen LogP contribution in [0.4, 0.5) is 11.5 Å². The summed E-state index contributed by atoms with van der Waals surface area (Å²) in [5.74, 6) is 1.87. The van der Waals surface area contributed by atoms with E-state index in [4.69, 9.17) is 5.73 Å².